The van der Waals surface area contributed by atoms with Crippen molar-refractivity contribution in [2.24, 2.45) is 5.92 Å². The van der Waals surface area contributed by atoms with Gasteiger partial charge >= 0.3 is 21.7 Å². The molecule has 1 aliphatic carbocycles. The first kappa shape index (κ1) is 24.1. The Balaban J connectivity index is 0.000000435. The van der Waals surface area contributed by atoms with Crippen LogP contribution in [-0.4, -0.2) is 0 Å². The van der Waals surface area contributed by atoms with Crippen molar-refractivity contribution in [1.82, 2.24) is 0 Å². The Morgan fingerprint density at radius 1 is 0.800 bits per heavy atom. The number of halogens is 2. The van der Waals surface area contributed by atoms with Gasteiger partial charge in [-0.1, -0.05) is 63.1 Å². The Bertz CT molecular complexity index is 837. The molecule has 0 saturated carbocycles. The first-order chi connectivity index (χ1) is 10.6. The number of allylic oxidation sites excluding steroid dienone is 4. The molecule has 3 aromatic carbocycles. The van der Waals surface area contributed by atoms with Crippen molar-refractivity contribution in [1.29, 1.82) is 0 Å². The molecule has 0 fully saturated rings. The zero-order valence-electron chi connectivity index (χ0n) is 15.0. The molecule has 0 aliphatic heterocycles. The van der Waals surface area contributed by atoms with Gasteiger partial charge in [0.05, 0.1) is 0 Å². The summed E-state index contributed by atoms with van der Waals surface area (Å²) in [6, 6.07) is 19.3. The van der Waals surface area contributed by atoms with Gasteiger partial charge in [0.2, 0.25) is 0 Å². The standard InChI is InChI=1S/C13H9.C9H13.2ClH.Ti/c1-3-7-12-10(5-1)9-11-6-2-4-8-13(11)12;1-6-5-7(2)9(4)8(6)3;;;/h1-9H;6H,1-4H3;2*1H;/q2*-1;;;+4/p-2. The van der Waals surface area contributed by atoms with Crippen LogP contribution in [0.3, 0.4) is 0 Å². The molecule has 1 aliphatic rings. The summed E-state index contributed by atoms with van der Waals surface area (Å²) in [5, 5.41) is 5.39. The summed E-state index contributed by atoms with van der Waals surface area (Å²) in [4.78, 5) is 0. The second-order valence-corrected chi connectivity index (χ2v) is 6.12. The van der Waals surface area contributed by atoms with Crippen molar-refractivity contribution in [3.8, 4) is 0 Å². The quantitative estimate of drug-likeness (QED) is 0.376. The van der Waals surface area contributed by atoms with E-state index in [0.29, 0.717) is 5.92 Å². The van der Waals surface area contributed by atoms with Crippen LogP contribution in [0.25, 0.3) is 21.5 Å². The van der Waals surface area contributed by atoms with Gasteiger partial charge in [-0.25, -0.2) is 5.57 Å². The molecular weight excluding hydrogens is 383 g/mol. The third-order valence-corrected chi connectivity index (χ3v) is 4.76. The van der Waals surface area contributed by atoms with Crippen LogP contribution < -0.4 is 24.8 Å². The van der Waals surface area contributed by atoms with E-state index in [0.717, 1.165) is 0 Å². The number of benzene rings is 2. The minimum atomic E-state index is 0. The van der Waals surface area contributed by atoms with Crippen LogP contribution in [0, 0.1) is 12.0 Å². The van der Waals surface area contributed by atoms with Crippen molar-refractivity contribution in [2.45, 2.75) is 27.7 Å². The molecule has 0 radical (unpaired) electrons. The smallest absolute Gasteiger partial charge is 1.00 e. The molecule has 0 saturated heterocycles. The fraction of sp³-hybridized carbons (Fsp3) is 0.227. The van der Waals surface area contributed by atoms with E-state index in [1.54, 1.807) is 0 Å². The van der Waals surface area contributed by atoms with Gasteiger partial charge in [-0.2, -0.15) is 11.1 Å². The van der Waals surface area contributed by atoms with E-state index in [9.17, 15) is 0 Å². The van der Waals surface area contributed by atoms with Gasteiger partial charge in [0.25, 0.3) is 0 Å². The number of rotatable bonds is 0. The van der Waals surface area contributed by atoms with E-state index in [-0.39, 0.29) is 46.5 Å². The van der Waals surface area contributed by atoms with Crippen molar-refractivity contribution >= 4 is 21.5 Å². The van der Waals surface area contributed by atoms with Crippen molar-refractivity contribution in [3.05, 3.63) is 77.4 Å². The largest absolute Gasteiger partial charge is 4.00 e. The van der Waals surface area contributed by atoms with Gasteiger partial charge in [0.15, 0.2) is 0 Å². The molecule has 0 aromatic heterocycles. The summed E-state index contributed by atoms with van der Waals surface area (Å²) in [5.41, 5.74) is 4.25. The van der Waals surface area contributed by atoms with E-state index in [4.69, 9.17) is 0 Å². The Morgan fingerprint density at radius 2 is 1.24 bits per heavy atom. The predicted octanol–water partition coefficient (Wildman–Crippen LogP) is 0.439. The Labute approximate surface area is 178 Å². The second-order valence-electron chi connectivity index (χ2n) is 6.12. The average Bonchev–Trinajstić information content (AvgIpc) is 3.01. The Hall–Kier alpha value is -0.916. The van der Waals surface area contributed by atoms with Crippen LogP contribution in [0.1, 0.15) is 27.7 Å². The van der Waals surface area contributed by atoms with Crippen molar-refractivity contribution in [3.63, 3.8) is 0 Å². The maximum absolute atomic E-state index is 3.36. The van der Waals surface area contributed by atoms with Gasteiger partial charge in [0.1, 0.15) is 0 Å². The normalized spacial score (nSPS) is 15.5. The average molecular weight is 405 g/mol. The molecule has 25 heavy (non-hydrogen) atoms. The van der Waals surface area contributed by atoms with Gasteiger partial charge in [-0.05, 0) is 0 Å². The zero-order valence-corrected chi connectivity index (χ0v) is 18.1. The van der Waals surface area contributed by atoms with Gasteiger partial charge in [0, 0.05) is 0 Å². The molecule has 1 atom stereocenters. The minimum absolute atomic E-state index is 0. The van der Waals surface area contributed by atoms with E-state index in [1.807, 2.05) is 0 Å². The first-order valence-electron chi connectivity index (χ1n) is 7.89. The third-order valence-electron chi connectivity index (χ3n) is 4.76. The summed E-state index contributed by atoms with van der Waals surface area (Å²) in [6.45, 7) is 8.67. The molecule has 128 valence electrons. The van der Waals surface area contributed by atoms with E-state index >= 15 is 0 Å². The number of fused-ring (bicyclic) bond motifs is 3. The van der Waals surface area contributed by atoms with Crippen LogP contribution >= 0.6 is 0 Å². The van der Waals surface area contributed by atoms with Crippen LogP contribution in [0.15, 0.2) is 71.3 Å². The second kappa shape index (κ2) is 10.3. The maximum Gasteiger partial charge on any atom is 4.00 e. The maximum atomic E-state index is 3.36. The van der Waals surface area contributed by atoms with Crippen LogP contribution in [0.5, 0.6) is 0 Å². The third kappa shape index (κ3) is 5.05. The Kier molecular flexibility index (Phi) is 9.91. The van der Waals surface area contributed by atoms with Gasteiger partial charge in [-0.3, -0.25) is 6.08 Å². The van der Waals surface area contributed by atoms with Crippen LogP contribution in [-0.2, 0) is 21.7 Å². The summed E-state index contributed by atoms with van der Waals surface area (Å²) >= 11 is 0. The zero-order chi connectivity index (χ0) is 15.7. The number of hydrogen-bond donors (Lipinski definition) is 0. The number of hydrogen-bond acceptors (Lipinski definition) is 0. The summed E-state index contributed by atoms with van der Waals surface area (Å²) in [5.74, 6) is 0.560. The van der Waals surface area contributed by atoms with Crippen molar-refractivity contribution in [2.75, 3.05) is 0 Å². The van der Waals surface area contributed by atoms with Gasteiger partial charge < -0.3 is 24.8 Å². The molecule has 4 rings (SSSR count). The minimum Gasteiger partial charge on any atom is -1.00 e. The summed E-state index contributed by atoms with van der Waals surface area (Å²) in [6.07, 6.45) is 3.36. The molecule has 0 heterocycles. The molecular formula is C22H22Cl2Ti. The molecule has 0 bridgehead atoms. The topological polar surface area (TPSA) is 0 Å². The molecule has 0 spiro atoms. The Morgan fingerprint density at radius 3 is 1.56 bits per heavy atom. The fourth-order valence-electron chi connectivity index (χ4n) is 3.07. The molecule has 1 unspecified atom stereocenters. The molecule has 3 heteroatoms. The molecule has 0 N–H and O–H groups in total. The molecule has 0 amide bonds. The SMILES string of the molecule is CC1=[C-]C(C)C(C)=C1C.[Cl-].[Cl-].[Ti+4].c1ccc2c(c1)[cH-]c1ccccc12. The van der Waals surface area contributed by atoms with Crippen LogP contribution in [0.4, 0.5) is 0 Å². The van der Waals surface area contributed by atoms with Crippen LogP contribution in [0.2, 0.25) is 0 Å². The van der Waals surface area contributed by atoms with Crippen molar-refractivity contribution < 1.29 is 46.5 Å². The molecule has 3 aromatic rings. The van der Waals surface area contributed by atoms with E-state index in [2.05, 4.69) is 88.4 Å². The van der Waals surface area contributed by atoms with E-state index < -0.39 is 0 Å². The first-order valence-corrected chi connectivity index (χ1v) is 7.89. The predicted molar refractivity (Wildman–Crippen MR) is 97.0 cm³/mol. The monoisotopic (exact) mass is 404 g/mol. The summed E-state index contributed by atoms with van der Waals surface area (Å²) in [7, 11) is 0. The summed E-state index contributed by atoms with van der Waals surface area (Å²) < 4.78 is 0. The van der Waals surface area contributed by atoms with E-state index in [1.165, 1.54) is 38.3 Å². The van der Waals surface area contributed by atoms with Gasteiger partial charge in [-0.15, -0.1) is 46.7 Å². The fourth-order valence-corrected chi connectivity index (χ4v) is 3.07. The molecule has 0 nitrogen and oxygen atoms in total.